The molecule has 4 bridgehead atoms. The van der Waals surface area contributed by atoms with Crippen LogP contribution in [0.2, 0.25) is 0 Å². The minimum atomic E-state index is -1.39. The Morgan fingerprint density at radius 1 is 0.903 bits per heavy atom. The number of aliphatic hydroxyl groups excluding tert-OH is 1. The number of benzene rings is 2. The van der Waals surface area contributed by atoms with E-state index in [9.17, 15) is 14.7 Å². The van der Waals surface area contributed by atoms with Crippen molar-refractivity contribution >= 4 is 17.6 Å². The van der Waals surface area contributed by atoms with Crippen LogP contribution in [0.1, 0.15) is 48.9 Å². The van der Waals surface area contributed by atoms with Crippen LogP contribution in [0.3, 0.4) is 0 Å². The number of carbonyl (C=O) groups is 2. The molecular weight excluding hydrogens is 390 g/mol. The summed E-state index contributed by atoms with van der Waals surface area (Å²) >= 11 is 0. The van der Waals surface area contributed by atoms with E-state index in [0.717, 1.165) is 19.3 Å². The lowest BCUT2D eigenvalue weighted by molar-refractivity contribution is -0.194. The summed E-state index contributed by atoms with van der Waals surface area (Å²) in [6.45, 7) is -0.136. The van der Waals surface area contributed by atoms with Gasteiger partial charge in [-0.25, -0.2) is 4.79 Å². The van der Waals surface area contributed by atoms with Crippen molar-refractivity contribution in [3.05, 3.63) is 66.2 Å². The summed E-state index contributed by atoms with van der Waals surface area (Å²) in [7, 11) is 0. The number of ether oxygens (including phenoxy) is 1. The fourth-order valence-electron chi connectivity index (χ4n) is 6.34. The molecule has 4 fully saturated rings. The van der Waals surface area contributed by atoms with Gasteiger partial charge in [-0.05, 0) is 80.5 Å². The highest BCUT2D eigenvalue weighted by atomic mass is 16.6. The zero-order valence-electron chi connectivity index (χ0n) is 17.7. The largest absolute Gasteiger partial charge is 0.457 e. The maximum Gasteiger partial charge on any atom is 0.337 e. The van der Waals surface area contributed by atoms with Crippen LogP contribution in [0.5, 0.6) is 0 Å². The summed E-state index contributed by atoms with van der Waals surface area (Å²) in [4.78, 5) is 27.6. The molecule has 6 rings (SSSR count). The SMILES string of the molecule is O=C(OC12CC3CC(CC(C3)C1)C2)C(O)CN(C(=O)c1ccccc1)c1ccccc1. The van der Waals surface area contributed by atoms with Crippen LogP contribution in [-0.4, -0.2) is 35.2 Å². The van der Waals surface area contributed by atoms with Crippen molar-refractivity contribution in [2.24, 2.45) is 17.8 Å². The van der Waals surface area contributed by atoms with E-state index in [1.54, 1.807) is 36.4 Å². The predicted molar refractivity (Wildman–Crippen MR) is 118 cm³/mol. The molecule has 5 heteroatoms. The predicted octanol–water partition coefficient (Wildman–Crippen LogP) is 4.21. The first-order valence-corrected chi connectivity index (χ1v) is 11.3. The monoisotopic (exact) mass is 419 g/mol. The van der Waals surface area contributed by atoms with Crippen LogP contribution >= 0.6 is 0 Å². The Morgan fingerprint density at radius 3 is 1.97 bits per heavy atom. The highest BCUT2D eigenvalue weighted by molar-refractivity contribution is 6.06. The molecular formula is C26H29NO4. The third kappa shape index (κ3) is 4.11. The molecule has 1 N–H and O–H groups in total. The van der Waals surface area contributed by atoms with E-state index in [0.29, 0.717) is 29.0 Å². The zero-order valence-corrected chi connectivity index (χ0v) is 17.7. The van der Waals surface area contributed by atoms with Crippen molar-refractivity contribution in [3.8, 4) is 0 Å². The smallest absolute Gasteiger partial charge is 0.337 e. The molecule has 0 spiro atoms. The lowest BCUT2D eigenvalue weighted by atomic mass is 9.54. The molecule has 0 aliphatic heterocycles. The van der Waals surface area contributed by atoms with Crippen LogP contribution < -0.4 is 4.90 Å². The molecule has 0 heterocycles. The average Bonchev–Trinajstić information content (AvgIpc) is 2.77. The van der Waals surface area contributed by atoms with Crippen molar-refractivity contribution in [1.82, 2.24) is 0 Å². The maximum atomic E-state index is 13.2. The van der Waals surface area contributed by atoms with E-state index in [4.69, 9.17) is 4.74 Å². The summed E-state index contributed by atoms with van der Waals surface area (Å²) in [6, 6.07) is 18.1. The fourth-order valence-corrected chi connectivity index (χ4v) is 6.34. The average molecular weight is 420 g/mol. The molecule has 2 aromatic carbocycles. The van der Waals surface area contributed by atoms with E-state index < -0.39 is 17.7 Å². The molecule has 4 saturated carbocycles. The van der Waals surface area contributed by atoms with Crippen molar-refractivity contribution < 1.29 is 19.4 Å². The Kier molecular flexibility index (Phi) is 5.30. The van der Waals surface area contributed by atoms with Crippen LogP contribution in [0.15, 0.2) is 60.7 Å². The number of nitrogens with zero attached hydrogens (tertiary/aromatic N) is 1. The fraction of sp³-hybridized carbons (Fsp3) is 0.462. The highest BCUT2D eigenvalue weighted by Crippen LogP contribution is 2.57. The summed E-state index contributed by atoms with van der Waals surface area (Å²) < 4.78 is 6.01. The molecule has 5 nitrogen and oxygen atoms in total. The van der Waals surface area contributed by atoms with Gasteiger partial charge in [0.1, 0.15) is 5.60 Å². The maximum absolute atomic E-state index is 13.2. The number of esters is 1. The van der Waals surface area contributed by atoms with Gasteiger partial charge in [-0.15, -0.1) is 0 Å². The van der Waals surface area contributed by atoms with Gasteiger partial charge in [0, 0.05) is 11.3 Å². The van der Waals surface area contributed by atoms with Gasteiger partial charge >= 0.3 is 5.97 Å². The Balaban J connectivity index is 1.32. The summed E-state index contributed by atoms with van der Waals surface area (Å²) in [5.41, 5.74) is 0.736. The van der Waals surface area contributed by atoms with Gasteiger partial charge in [0.25, 0.3) is 5.91 Å². The first-order valence-electron chi connectivity index (χ1n) is 11.3. The van der Waals surface area contributed by atoms with Gasteiger partial charge in [-0.1, -0.05) is 36.4 Å². The Bertz CT molecular complexity index is 907. The molecule has 2 aromatic rings. The quantitative estimate of drug-likeness (QED) is 0.713. The lowest BCUT2D eigenvalue weighted by Gasteiger charge is -2.55. The van der Waals surface area contributed by atoms with E-state index in [1.165, 1.54) is 24.2 Å². The van der Waals surface area contributed by atoms with E-state index in [2.05, 4.69) is 0 Å². The minimum Gasteiger partial charge on any atom is -0.457 e. The van der Waals surface area contributed by atoms with Gasteiger partial charge in [0.15, 0.2) is 6.10 Å². The van der Waals surface area contributed by atoms with Crippen LogP contribution in [0.4, 0.5) is 5.69 Å². The van der Waals surface area contributed by atoms with Gasteiger partial charge in [-0.3, -0.25) is 4.79 Å². The highest BCUT2D eigenvalue weighted by Gasteiger charge is 2.53. The third-order valence-electron chi connectivity index (χ3n) is 7.26. The Hall–Kier alpha value is -2.66. The molecule has 0 aromatic heterocycles. The second kappa shape index (κ2) is 8.12. The van der Waals surface area contributed by atoms with Crippen LogP contribution in [0, 0.1) is 17.8 Å². The normalized spacial score (nSPS) is 29.4. The third-order valence-corrected chi connectivity index (χ3v) is 7.26. The molecule has 1 unspecified atom stereocenters. The van der Waals surface area contributed by atoms with Crippen molar-refractivity contribution in [2.45, 2.75) is 50.2 Å². The zero-order chi connectivity index (χ0) is 21.4. The van der Waals surface area contributed by atoms with Crippen molar-refractivity contribution in [2.75, 3.05) is 11.4 Å². The number of aliphatic hydroxyl groups is 1. The van der Waals surface area contributed by atoms with Gasteiger partial charge in [0.2, 0.25) is 0 Å². The van der Waals surface area contributed by atoms with E-state index in [-0.39, 0.29) is 12.5 Å². The molecule has 0 saturated heterocycles. The molecule has 31 heavy (non-hydrogen) atoms. The number of para-hydroxylation sites is 1. The number of amides is 1. The first-order chi connectivity index (χ1) is 15.0. The minimum absolute atomic E-state index is 0.136. The number of carbonyl (C=O) groups excluding carboxylic acids is 2. The van der Waals surface area contributed by atoms with Gasteiger partial charge < -0.3 is 14.7 Å². The number of anilines is 1. The standard InChI is InChI=1S/C26H29NO4/c28-23(25(30)31-26-14-18-11-19(15-26)13-20(12-18)16-26)17-27(22-9-5-2-6-10-22)24(29)21-7-3-1-4-8-21/h1-10,18-20,23,28H,11-17H2. The first kappa shape index (κ1) is 20.3. The van der Waals surface area contributed by atoms with Gasteiger partial charge in [0.05, 0.1) is 6.54 Å². The van der Waals surface area contributed by atoms with Gasteiger partial charge in [-0.2, -0.15) is 0 Å². The summed E-state index contributed by atoms with van der Waals surface area (Å²) in [5, 5.41) is 10.8. The van der Waals surface area contributed by atoms with E-state index in [1.807, 2.05) is 24.3 Å². The summed E-state index contributed by atoms with van der Waals surface area (Å²) in [6.07, 6.45) is 5.14. The molecule has 4 aliphatic rings. The summed E-state index contributed by atoms with van der Waals surface area (Å²) in [5.74, 6) is 1.09. The van der Waals surface area contributed by atoms with Crippen molar-refractivity contribution in [1.29, 1.82) is 0 Å². The topological polar surface area (TPSA) is 66.8 Å². The Labute approximate surface area is 183 Å². The molecule has 1 amide bonds. The lowest BCUT2D eigenvalue weighted by Crippen LogP contribution is -2.54. The Morgan fingerprint density at radius 2 is 1.42 bits per heavy atom. The number of rotatable bonds is 6. The second-order valence-corrected chi connectivity index (χ2v) is 9.65. The number of hydrogen-bond acceptors (Lipinski definition) is 4. The second-order valence-electron chi connectivity index (χ2n) is 9.65. The van der Waals surface area contributed by atoms with Crippen LogP contribution in [-0.2, 0) is 9.53 Å². The number of hydrogen-bond donors (Lipinski definition) is 1. The molecule has 1 atom stereocenters. The molecule has 0 radical (unpaired) electrons. The molecule has 162 valence electrons. The van der Waals surface area contributed by atoms with E-state index >= 15 is 0 Å². The molecule has 4 aliphatic carbocycles. The van der Waals surface area contributed by atoms with Crippen LogP contribution in [0.25, 0.3) is 0 Å². The van der Waals surface area contributed by atoms with Crippen molar-refractivity contribution in [3.63, 3.8) is 0 Å².